The molecule has 0 atom stereocenters. The summed E-state index contributed by atoms with van der Waals surface area (Å²) in [7, 11) is 0. The number of amides is 2. The second kappa shape index (κ2) is 10.1. The fourth-order valence-corrected chi connectivity index (χ4v) is 2.74. The Morgan fingerprint density at radius 3 is 2.03 bits per heavy atom. The molecule has 154 valence electrons. The van der Waals surface area contributed by atoms with E-state index in [4.69, 9.17) is 9.47 Å². The molecule has 0 spiro atoms. The third kappa shape index (κ3) is 6.38. The molecule has 0 saturated carbocycles. The minimum absolute atomic E-state index is 0.105. The van der Waals surface area contributed by atoms with E-state index in [1.807, 2.05) is 50.2 Å². The van der Waals surface area contributed by atoms with Gasteiger partial charge in [0.25, 0.3) is 11.8 Å². The highest BCUT2D eigenvalue weighted by Crippen LogP contribution is 2.19. The van der Waals surface area contributed by atoms with E-state index in [1.54, 1.807) is 36.4 Å². The van der Waals surface area contributed by atoms with Gasteiger partial charge in [0.2, 0.25) is 0 Å². The summed E-state index contributed by atoms with van der Waals surface area (Å²) in [5.74, 6) is 0.731. The summed E-state index contributed by atoms with van der Waals surface area (Å²) in [5.41, 5.74) is 3.16. The van der Waals surface area contributed by atoms with Gasteiger partial charge in [0.1, 0.15) is 11.5 Å². The zero-order valence-corrected chi connectivity index (χ0v) is 17.0. The highest BCUT2D eigenvalue weighted by atomic mass is 16.5. The predicted molar refractivity (Wildman–Crippen MR) is 117 cm³/mol. The number of benzene rings is 3. The van der Waals surface area contributed by atoms with Crippen LogP contribution in [0.4, 0.5) is 11.4 Å². The fraction of sp³-hybridized carbons (Fsp3) is 0.167. The number of anilines is 2. The summed E-state index contributed by atoms with van der Waals surface area (Å²) < 4.78 is 11.1. The Labute approximate surface area is 175 Å². The molecular formula is C24H24N2O4. The average Bonchev–Trinajstić information content (AvgIpc) is 2.74. The molecule has 0 aromatic heterocycles. The van der Waals surface area contributed by atoms with E-state index in [0.29, 0.717) is 22.9 Å². The highest BCUT2D eigenvalue weighted by molar-refractivity contribution is 5.95. The van der Waals surface area contributed by atoms with E-state index in [1.165, 1.54) is 0 Å². The zero-order valence-electron chi connectivity index (χ0n) is 17.0. The van der Waals surface area contributed by atoms with E-state index in [9.17, 15) is 9.59 Å². The summed E-state index contributed by atoms with van der Waals surface area (Å²) in [6, 6.07) is 21.9. The quantitative estimate of drug-likeness (QED) is 0.586. The van der Waals surface area contributed by atoms with Gasteiger partial charge in [-0.3, -0.25) is 9.59 Å². The van der Waals surface area contributed by atoms with Crippen LogP contribution < -0.4 is 20.1 Å². The van der Waals surface area contributed by atoms with Crippen molar-refractivity contribution in [1.82, 2.24) is 0 Å². The second-order valence-corrected chi connectivity index (χ2v) is 6.84. The van der Waals surface area contributed by atoms with Crippen molar-refractivity contribution in [3.8, 4) is 11.5 Å². The van der Waals surface area contributed by atoms with E-state index in [-0.39, 0.29) is 25.0 Å². The molecule has 0 aliphatic heterocycles. The number of aryl methyl sites for hydroxylation is 2. The first-order valence-corrected chi connectivity index (χ1v) is 9.57. The summed E-state index contributed by atoms with van der Waals surface area (Å²) >= 11 is 0. The molecule has 0 aliphatic rings. The third-order valence-electron chi connectivity index (χ3n) is 4.25. The standard InChI is InChI=1S/C24H24N2O4/c1-17-11-12-18(2)22(13-17)30-16-24(28)26-20-8-6-7-19(14-20)25-23(27)15-29-21-9-4-3-5-10-21/h3-14H,15-16H2,1-2H3,(H,25,27)(H,26,28). The summed E-state index contributed by atoms with van der Waals surface area (Å²) in [6.45, 7) is 3.69. The van der Waals surface area contributed by atoms with Gasteiger partial charge in [-0.15, -0.1) is 0 Å². The van der Waals surface area contributed by atoms with Crippen LogP contribution in [0.1, 0.15) is 11.1 Å². The maximum Gasteiger partial charge on any atom is 0.262 e. The monoisotopic (exact) mass is 404 g/mol. The third-order valence-corrected chi connectivity index (χ3v) is 4.25. The smallest absolute Gasteiger partial charge is 0.262 e. The van der Waals surface area contributed by atoms with Crippen LogP contribution in [0.3, 0.4) is 0 Å². The van der Waals surface area contributed by atoms with Crippen LogP contribution in [0.5, 0.6) is 11.5 Å². The Morgan fingerprint density at radius 1 is 0.733 bits per heavy atom. The molecule has 0 radical (unpaired) electrons. The van der Waals surface area contributed by atoms with Gasteiger partial charge in [0.15, 0.2) is 13.2 Å². The highest BCUT2D eigenvalue weighted by Gasteiger charge is 2.08. The number of nitrogens with one attached hydrogen (secondary N) is 2. The minimum Gasteiger partial charge on any atom is -0.484 e. The number of para-hydroxylation sites is 1. The SMILES string of the molecule is Cc1ccc(C)c(OCC(=O)Nc2cccc(NC(=O)COc3ccccc3)c2)c1. The summed E-state index contributed by atoms with van der Waals surface area (Å²) in [4.78, 5) is 24.3. The van der Waals surface area contributed by atoms with Crippen molar-refractivity contribution in [2.75, 3.05) is 23.8 Å². The predicted octanol–water partition coefficient (Wildman–Crippen LogP) is 4.34. The maximum atomic E-state index is 12.2. The molecule has 3 aromatic carbocycles. The molecule has 3 rings (SSSR count). The van der Waals surface area contributed by atoms with Crippen molar-refractivity contribution in [3.63, 3.8) is 0 Å². The minimum atomic E-state index is -0.291. The van der Waals surface area contributed by atoms with Crippen molar-refractivity contribution in [2.45, 2.75) is 13.8 Å². The zero-order chi connectivity index (χ0) is 21.3. The number of carbonyl (C=O) groups is 2. The number of hydrogen-bond donors (Lipinski definition) is 2. The second-order valence-electron chi connectivity index (χ2n) is 6.84. The van der Waals surface area contributed by atoms with Crippen LogP contribution in [-0.2, 0) is 9.59 Å². The van der Waals surface area contributed by atoms with Crippen LogP contribution in [0.15, 0.2) is 72.8 Å². The van der Waals surface area contributed by atoms with Gasteiger partial charge in [0.05, 0.1) is 0 Å². The van der Waals surface area contributed by atoms with Crippen molar-refractivity contribution >= 4 is 23.2 Å². The molecule has 6 heteroatoms. The molecule has 0 unspecified atom stereocenters. The molecule has 0 aliphatic carbocycles. The Kier molecular flexibility index (Phi) is 7.05. The molecule has 6 nitrogen and oxygen atoms in total. The summed E-state index contributed by atoms with van der Waals surface area (Å²) in [6.07, 6.45) is 0. The van der Waals surface area contributed by atoms with Crippen LogP contribution in [0.2, 0.25) is 0 Å². The van der Waals surface area contributed by atoms with Gasteiger partial charge < -0.3 is 20.1 Å². The lowest BCUT2D eigenvalue weighted by Gasteiger charge is -2.11. The van der Waals surface area contributed by atoms with Crippen LogP contribution in [0.25, 0.3) is 0 Å². The Hall–Kier alpha value is -3.80. The molecular weight excluding hydrogens is 380 g/mol. The number of ether oxygens (including phenoxy) is 2. The Balaban J connectivity index is 1.50. The molecule has 0 fully saturated rings. The Morgan fingerprint density at radius 2 is 1.37 bits per heavy atom. The van der Waals surface area contributed by atoms with Gasteiger partial charge in [-0.1, -0.05) is 36.4 Å². The molecule has 0 bridgehead atoms. The van der Waals surface area contributed by atoms with Crippen molar-refractivity contribution < 1.29 is 19.1 Å². The number of hydrogen-bond acceptors (Lipinski definition) is 4. The van der Waals surface area contributed by atoms with Crippen LogP contribution >= 0.6 is 0 Å². The lowest BCUT2D eigenvalue weighted by molar-refractivity contribution is -0.118. The lowest BCUT2D eigenvalue weighted by Crippen LogP contribution is -2.21. The van der Waals surface area contributed by atoms with Gasteiger partial charge in [-0.25, -0.2) is 0 Å². The molecule has 2 amide bonds. The fourth-order valence-electron chi connectivity index (χ4n) is 2.74. The largest absolute Gasteiger partial charge is 0.484 e. The first kappa shape index (κ1) is 20.9. The number of carbonyl (C=O) groups excluding carboxylic acids is 2. The molecule has 0 heterocycles. The van der Waals surface area contributed by atoms with E-state index >= 15 is 0 Å². The first-order chi connectivity index (χ1) is 14.5. The van der Waals surface area contributed by atoms with E-state index < -0.39 is 0 Å². The first-order valence-electron chi connectivity index (χ1n) is 9.57. The molecule has 30 heavy (non-hydrogen) atoms. The van der Waals surface area contributed by atoms with Crippen molar-refractivity contribution in [1.29, 1.82) is 0 Å². The average molecular weight is 404 g/mol. The van der Waals surface area contributed by atoms with E-state index in [2.05, 4.69) is 10.6 Å². The lowest BCUT2D eigenvalue weighted by atomic mass is 10.1. The van der Waals surface area contributed by atoms with Crippen LogP contribution in [0, 0.1) is 13.8 Å². The maximum absolute atomic E-state index is 12.2. The molecule has 2 N–H and O–H groups in total. The number of rotatable bonds is 8. The normalized spacial score (nSPS) is 10.2. The topological polar surface area (TPSA) is 76.7 Å². The van der Waals surface area contributed by atoms with Crippen molar-refractivity contribution in [3.05, 3.63) is 83.9 Å². The molecule has 3 aromatic rings. The van der Waals surface area contributed by atoms with E-state index in [0.717, 1.165) is 11.1 Å². The Bertz CT molecular complexity index is 1020. The van der Waals surface area contributed by atoms with Gasteiger partial charge in [-0.05, 0) is 61.4 Å². The van der Waals surface area contributed by atoms with Crippen molar-refractivity contribution in [2.24, 2.45) is 0 Å². The van der Waals surface area contributed by atoms with Gasteiger partial charge >= 0.3 is 0 Å². The summed E-state index contributed by atoms with van der Waals surface area (Å²) in [5, 5.41) is 5.52. The van der Waals surface area contributed by atoms with Gasteiger partial charge in [-0.2, -0.15) is 0 Å². The molecule has 0 saturated heterocycles. The van der Waals surface area contributed by atoms with Gasteiger partial charge in [0, 0.05) is 11.4 Å². The van der Waals surface area contributed by atoms with Crippen LogP contribution in [-0.4, -0.2) is 25.0 Å².